The molecule has 1 N–H and O–H groups in total. The fourth-order valence-corrected chi connectivity index (χ4v) is 5.36. The maximum atomic E-state index is 13.8. The number of aliphatic imine (C=N–C) groups is 2. The Morgan fingerprint density at radius 2 is 1.75 bits per heavy atom. The first kappa shape index (κ1) is 24.8. The van der Waals surface area contributed by atoms with Crippen LogP contribution < -0.4 is 4.72 Å². The molecular weight excluding hydrogens is 484 g/mol. The van der Waals surface area contributed by atoms with Gasteiger partial charge in [-0.25, -0.2) is 13.4 Å². The first-order valence-corrected chi connectivity index (χ1v) is 13.9. The van der Waals surface area contributed by atoms with Gasteiger partial charge in [0.2, 0.25) is 16.0 Å². The predicted octanol–water partition coefficient (Wildman–Crippen LogP) is 1.67. The van der Waals surface area contributed by atoms with Crippen molar-refractivity contribution in [2.75, 3.05) is 50.5 Å². The quantitative estimate of drug-likeness (QED) is 0.645. The number of nitrogens with zero attached hydrogens (tertiary/aromatic N) is 5. The largest absolute Gasteiger partial charge is 0.757 e. The molecule has 5 rings (SSSR count). The lowest BCUT2D eigenvalue weighted by atomic mass is 10.0. The molecule has 2 fully saturated rings. The average molecular weight is 516 g/mol. The zero-order valence-electron chi connectivity index (χ0n) is 20.6. The van der Waals surface area contributed by atoms with Crippen molar-refractivity contribution < 1.29 is 17.9 Å². The highest BCUT2D eigenvalue weighted by Gasteiger charge is 2.36. The summed E-state index contributed by atoms with van der Waals surface area (Å²) in [5.41, 5.74) is 2.11. The number of amidine groups is 1. The third-order valence-electron chi connectivity index (χ3n) is 6.59. The number of sulfonamides is 1. The Balaban J connectivity index is 1.54. The van der Waals surface area contributed by atoms with Gasteiger partial charge in [0, 0.05) is 30.0 Å². The van der Waals surface area contributed by atoms with Gasteiger partial charge in [0.05, 0.1) is 44.8 Å². The van der Waals surface area contributed by atoms with Crippen LogP contribution in [0.3, 0.4) is 0 Å². The van der Waals surface area contributed by atoms with Crippen molar-refractivity contribution in [1.29, 1.82) is 0 Å². The summed E-state index contributed by atoms with van der Waals surface area (Å²) in [7, 11) is -3.45. The van der Waals surface area contributed by atoms with Crippen molar-refractivity contribution in [3.05, 3.63) is 52.8 Å². The number of morpholine rings is 2. The van der Waals surface area contributed by atoms with Crippen molar-refractivity contribution in [2.24, 2.45) is 9.98 Å². The highest BCUT2D eigenvalue weighted by molar-refractivity contribution is 7.92. The molecule has 1 aromatic carbocycles. The lowest BCUT2D eigenvalue weighted by Crippen LogP contribution is -2.54. The molecule has 194 valence electrons. The molecule has 1 aromatic rings. The maximum Gasteiger partial charge on any atom is 0.229 e. The van der Waals surface area contributed by atoms with Gasteiger partial charge >= 0.3 is 0 Å². The molecule has 4 aliphatic heterocycles. The molecule has 0 radical (unpaired) electrons. The molecule has 1 unspecified atom stereocenters. The van der Waals surface area contributed by atoms with E-state index in [9.17, 15) is 13.6 Å². The van der Waals surface area contributed by atoms with Crippen molar-refractivity contribution in [2.45, 2.75) is 32.1 Å². The number of allylic oxidation sites excluding steroid dienone is 2. The van der Waals surface area contributed by atoms with E-state index in [1.165, 1.54) is 0 Å². The zero-order valence-corrected chi connectivity index (χ0v) is 21.4. The second-order valence-electron chi connectivity index (χ2n) is 9.43. The van der Waals surface area contributed by atoms with E-state index in [1.807, 2.05) is 6.08 Å². The van der Waals surface area contributed by atoms with Crippen molar-refractivity contribution in [3.8, 4) is 0 Å². The predicted molar refractivity (Wildman–Crippen MR) is 139 cm³/mol. The van der Waals surface area contributed by atoms with Gasteiger partial charge in [-0.05, 0) is 43.7 Å². The number of benzene rings is 1. The summed E-state index contributed by atoms with van der Waals surface area (Å²) in [4.78, 5) is 14.1. The highest BCUT2D eigenvalue weighted by atomic mass is 32.2. The third-order valence-corrected chi connectivity index (χ3v) is 7.19. The van der Waals surface area contributed by atoms with E-state index in [0.29, 0.717) is 62.4 Å². The maximum absolute atomic E-state index is 13.8. The summed E-state index contributed by atoms with van der Waals surface area (Å²) in [6.45, 7) is 7.76. The van der Waals surface area contributed by atoms with E-state index in [-0.39, 0.29) is 12.1 Å². The van der Waals surface area contributed by atoms with E-state index in [1.54, 1.807) is 30.3 Å². The van der Waals surface area contributed by atoms with Gasteiger partial charge in [-0.3, -0.25) is 4.72 Å². The molecule has 12 heteroatoms. The Labute approximate surface area is 211 Å². The smallest absolute Gasteiger partial charge is 0.229 e. The average Bonchev–Trinajstić information content (AvgIpc) is 2.84. The van der Waals surface area contributed by atoms with E-state index in [4.69, 9.17) is 19.5 Å². The molecule has 2 saturated heterocycles. The van der Waals surface area contributed by atoms with Crippen molar-refractivity contribution >= 4 is 33.2 Å². The van der Waals surface area contributed by atoms with E-state index < -0.39 is 16.2 Å². The second kappa shape index (κ2) is 9.85. The number of ether oxygens (including phenoxy) is 2. The molecular formula is C24H31N6O5S-. The summed E-state index contributed by atoms with van der Waals surface area (Å²) in [5.74, 6) is 1.26. The summed E-state index contributed by atoms with van der Waals surface area (Å²) >= 11 is 0. The number of rotatable bonds is 3. The molecule has 0 aromatic heterocycles. The number of guanidine groups is 1. The van der Waals surface area contributed by atoms with Gasteiger partial charge < -0.3 is 29.5 Å². The Hall–Kier alpha value is -2.93. The van der Waals surface area contributed by atoms with Gasteiger partial charge in [0.15, 0.2) is 0 Å². The lowest BCUT2D eigenvalue weighted by molar-refractivity contribution is 0.0301. The first-order chi connectivity index (χ1) is 17.2. The number of fused-ring (bicyclic) bond motifs is 1. The SMILES string of the molecule is C[C@H]1COCCN1C1=NC2C(=CC=C(c3cccc(NS(C)(=O)=O)c3)N2[O-])C(N2CCOC[C@@H]2C)=N1. The number of anilines is 1. The van der Waals surface area contributed by atoms with Crippen molar-refractivity contribution in [1.82, 2.24) is 14.9 Å². The Bertz CT molecular complexity index is 1240. The molecule has 0 spiro atoms. The Morgan fingerprint density at radius 3 is 2.42 bits per heavy atom. The monoisotopic (exact) mass is 515 g/mol. The molecule has 4 aliphatic rings. The third kappa shape index (κ3) is 4.99. The standard InChI is InChI=1S/C24H31N6O5S/c1-16-14-34-11-9-28(16)22-20-7-8-21(18-5-4-6-19(13-18)27-36(3,32)33)30(31)23(20)26-24(25-22)29-10-12-35-15-17(29)2/h4-8,13,16-17,23,27H,9-12,14-15H2,1-3H3/q-1/t16-,17-,23?/m0/s1. The summed E-state index contributed by atoms with van der Waals surface area (Å²) < 4.78 is 37.1. The molecule has 4 heterocycles. The number of hydroxylamine groups is 2. The molecule has 0 bridgehead atoms. The fraction of sp³-hybridized carbons (Fsp3) is 0.500. The van der Waals surface area contributed by atoms with Gasteiger partial charge in [-0.1, -0.05) is 12.1 Å². The van der Waals surface area contributed by atoms with Crippen LogP contribution >= 0.6 is 0 Å². The molecule has 0 saturated carbocycles. The van der Waals surface area contributed by atoms with Crippen LogP contribution in [0.4, 0.5) is 5.69 Å². The molecule has 3 atom stereocenters. The van der Waals surface area contributed by atoms with Gasteiger partial charge in [-0.15, -0.1) is 0 Å². The van der Waals surface area contributed by atoms with E-state index >= 15 is 0 Å². The number of nitrogens with one attached hydrogen (secondary N) is 1. The molecule has 11 nitrogen and oxygen atoms in total. The van der Waals surface area contributed by atoms with Crippen molar-refractivity contribution in [3.63, 3.8) is 0 Å². The minimum absolute atomic E-state index is 0.0765. The summed E-state index contributed by atoms with van der Waals surface area (Å²) in [6.07, 6.45) is 3.92. The molecule has 0 aliphatic carbocycles. The highest BCUT2D eigenvalue weighted by Crippen LogP contribution is 2.34. The van der Waals surface area contributed by atoms with Crippen LogP contribution in [0.15, 0.2) is 52.0 Å². The Kier molecular flexibility index (Phi) is 6.77. The van der Waals surface area contributed by atoms with Crippen LogP contribution in [-0.2, 0) is 19.5 Å². The van der Waals surface area contributed by atoms with Crippen LogP contribution in [0.1, 0.15) is 19.4 Å². The summed E-state index contributed by atoms with van der Waals surface area (Å²) in [5, 5.41) is 14.7. The molecule has 0 amide bonds. The normalized spacial score (nSPS) is 27.0. The van der Waals surface area contributed by atoms with E-state index in [0.717, 1.165) is 22.7 Å². The van der Waals surface area contributed by atoms with Crippen LogP contribution in [0, 0.1) is 5.21 Å². The minimum atomic E-state index is -3.45. The topological polar surface area (TPSA) is 122 Å². The Morgan fingerprint density at radius 1 is 1.06 bits per heavy atom. The summed E-state index contributed by atoms with van der Waals surface area (Å²) in [6, 6.07) is 6.96. The second-order valence-corrected chi connectivity index (χ2v) is 11.2. The van der Waals surface area contributed by atoms with Crippen LogP contribution in [-0.4, -0.2) is 99.1 Å². The molecule has 36 heavy (non-hydrogen) atoms. The minimum Gasteiger partial charge on any atom is -0.757 e. The zero-order chi connectivity index (χ0) is 25.4. The van der Waals surface area contributed by atoms with Crippen LogP contribution in [0.25, 0.3) is 5.70 Å². The number of hydrogen-bond acceptors (Lipinski definition) is 10. The van der Waals surface area contributed by atoms with Gasteiger partial charge in [0.1, 0.15) is 12.0 Å². The van der Waals surface area contributed by atoms with E-state index in [2.05, 4.69) is 28.4 Å². The number of hydrogen-bond donors (Lipinski definition) is 1. The lowest BCUT2D eigenvalue weighted by Gasteiger charge is -2.47. The van der Waals surface area contributed by atoms with Gasteiger partial charge in [0.25, 0.3) is 0 Å². The van der Waals surface area contributed by atoms with Gasteiger partial charge in [-0.2, -0.15) is 4.99 Å². The fourth-order valence-electron chi connectivity index (χ4n) is 4.81. The first-order valence-electron chi connectivity index (χ1n) is 12.0. The van der Waals surface area contributed by atoms with Crippen LogP contribution in [0.5, 0.6) is 0 Å². The van der Waals surface area contributed by atoms with Crippen LogP contribution in [0.2, 0.25) is 0 Å².